The van der Waals surface area contributed by atoms with Crippen molar-refractivity contribution >= 4 is 17.3 Å². The van der Waals surface area contributed by atoms with Crippen LogP contribution < -0.4 is 5.32 Å². The van der Waals surface area contributed by atoms with Crippen LogP contribution in [0, 0.1) is 12.3 Å². The number of nitrogens with one attached hydrogen (secondary N) is 1. The highest BCUT2D eigenvalue weighted by atomic mass is 32.1. The smallest absolute Gasteiger partial charge is 0.336 e. The minimum Gasteiger partial charge on any atom is -0.478 e. The van der Waals surface area contributed by atoms with Crippen molar-refractivity contribution in [2.75, 3.05) is 6.54 Å². The summed E-state index contributed by atoms with van der Waals surface area (Å²) in [5.41, 5.74) is 0.370. The summed E-state index contributed by atoms with van der Waals surface area (Å²) < 4.78 is 0. The number of carbonyl (C=O) groups is 1. The van der Waals surface area contributed by atoms with E-state index in [2.05, 4.69) is 11.2 Å². The Morgan fingerprint density at radius 2 is 2.38 bits per heavy atom. The summed E-state index contributed by atoms with van der Waals surface area (Å²) in [5.74, 6) is 1.74. The van der Waals surface area contributed by atoms with Gasteiger partial charge >= 0.3 is 5.97 Å². The van der Waals surface area contributed by atoms with E-state index in [1.807, 2.05) is 0 Å². The summed E-state index contributed by atoms with van der Waals surface area (Å²) >= 11 is 1.47. The van der Waals surface area contributed by atoms with Gasteiger partial charge in [-0.15, -0.1) is 23.7 Å². The van der Waals surface area contributed by atoms with Gasteiger partial charge in [0.25, 0.3) is 0 Å². The number of thiophene rings is 1. The maximum atomic E-state index is 10.6. The van der Waals surface area contributed by atoms with Crippen LogP contribution in [0.2, 0.25) is 0 Å². The number of carboxylic acid groups (broad SMARTS) is 1. The van der Waals surface area contributed by atoms with Crippen LogP contribution in [0.3, 0.4) is 0 Å². The lowest BCUT2D eigenvalue weighted by Gasteiger charge is -2.01. The van der Waals surface area contributed by atoms with Gasteiger partial charge < -0.3 is 10.4 Å². The Hall–Kier alpha value is -1.31. The minimum atomic E-state index is -0.864. The fraction of sp³-hybridized carbons (Fsp3) is 0.417. The second kappa shape index (κ2) is 7.04. The Bertz CT molecular complexity index is 379. The molecule has 0 aliphatic rings. The van der Waals surface area contributed by atoms with Crippen molar-refractivity contribution < 1.29 is 9.90 Å². The molecular formula is C12H15NO2S. The Labute approximate surface area is 99.5 Å². The van der Waals surface area contributed by atoms with E-state index >= 15 is 0 Å². The third-order valence-corrected chi connectivity index (χ3v) is 3.06. The van der Waals surface area contributed by atoms with Crippen molar-refractivity contribution in [1.82, 2.24) is 5.32 Å². The maximum absolute atomic E-state index is 10.6. The van der Waals surface area contributed by atoms with Crippen LogP contribution in [0.1, 0.15) is 34.5 Å². The van der Waals surface area contributed by atoms with Crippen molar-refractivity contribution in [2.45, 2.75) is 25.8 Å². The average molecular weight is 237 g/mol. The summed E-state index contributed by atoms with van der Waals surface area (Å²) in [4.78, 5) is 11.7. The molecule has 0 bridgehead atoms. The van der Waals surface area contributed by atoms with Crippen molar-refractivity contribution in [1.29, 1.82) is 0 Å². The molecule has 0 atom stereocenters. The number of hydrogen-bond acceptors (Lipinski definition) is 3. The highest BCUT2D eigenvalue weighted by molar-refractivity contribution is 7.10. The van der Waals surface area contributed by atoms with Crippen LogP contribution in [-0.2, 0) is 6.54 Å². The molecule has 16 heavy (non-hydrogen) atoms. The van der Waals surface area contributed by atoms with Crippen molar-refractivity contribution in [3.05, 3.63) is 21.9 Å². The molecule has 2 N–H and O–H groups in total. The molecule has 0 aliphatic carbocycles. The number of terminal acetylenes is 1. The monoisotopic (exact) mass is 237 g/mol. The van der Waals surface area contributed by atoms with E-state index in [0.29, 0.717) is 5.56 Å². The third-order valence-electron chi connectivity index (χ3n) is 2.12. The number of aromatic carboxylic acids is 1. The van der Waals surface area contributed by atoms with Gasteiger partial charge in [0.2, 0.25) is 0 Å². The van der Waals surface area contributed by atoms with Gasteiger partial charge in [0.1, 0.15) is 0 Å². The molecule has 3 nitrogen and oxygen atoms in total. The van der Waals surface area contributed by atoms with E-state index < -0.39 is 5.97 Å². The molecule has 0 aromatic carbocycles. The van der Waals surface area contributed by atoms with E-state index in [9.17, 15) is 4.79 Å². The van der Waals surface area contributed by atoms with Crippen LogP contribution in [0.25, 0.3) is 0 Å². The predicted molar refractivity (Wildman–Crippen MR) is 65.7 cm³/mol. The topological polar surface area (TPSA) is 49.3 Å². The van der Waals surface area contributed by atoms with Gasteiger partial charge in [-0.2, -0.15) is 0 Å². The Balaban J connectivity index is 2.17. The standard InChI is InChI=1S/C12H15NO2S/c1-2-3-4-5-6-13-8-11-7-10(9-16-11)12(14)15/h1,7,9,13H,3-6,8H2,(H,14,15). The van der Waals surface area contributed by atoms with Crippen LogP contribution in [0.4, 0.5) is 0 Å². The molecular weight excluding hydrogens is 222 g/mol. The molecule has 1 aromatic rings. The molecule has 0 unspecified atom stereocenters. The largest absolute Gasteiger partial charge is 0.478 e. The highest BCUT2D eigenvalue weighted by Gasteiger charge is 2.05. The summed E-state index contributed by atoms with van der Waals surface area (Å²) in [7, 11) is 0. The van der Waals surface area contributed by atoms with E-state index in [4.69, 9.17) is 11.5 Å². The molecule has 4 heteroatoms. The van der Waals surface area contributed by atoms with E-state index in [-0.39, 0.29) is 0 Å². The zero-order valence-corrected chi connectivity index (χ0v) is 9.85. The Morgan fingerprint density at radius 3 is 3.00 bits per heavy atom. The van der Waals surface area contributed by atoms with Crippen LogP contribution in [0.5, 0.6) is 0 Å². The first-order valence-corrected chi connectivity index (χ1v) is 6.07. The first-order chi connectivity index (χ1) is 7.74. The van der Waals surface area contributed by atoms with Crippen molar-refractivity contribution in [3.8, 4) is 12.3 Å². The van der Waals surface area contributed by atoms with Crippen LogP contribution in [0.15, 0.2) is 11.4 Å². The van der Waals surface area contributed by atoms with Gasteiger partial charge in [-0.25, -0.2) is 4.79 Å². The molecule has 1 rings (SSSR count). The molecule has 0 radical (unpaired) electrons. The maximum Gasteiger partial charge on any atom is 0.336 e. The second-order valence-corrected chi connectivity index (χ2v) is 4.44. The molecule has 86 valence electrons. The zero-order chi connectivity index (χ0) is 11.8. The van der Waals surface area contributed by atoms with E-state index in [0.717, 1.165) is 37.2 Å². The summed E-state index contributed by atoms with van der Waals surface area (Å²) in [6, 6.07) is 1.71. The number of hydrogen-bond donors (Lipinski definition) is 2. The lowest BCUT2D eigenvalue weighted by Crippen LogP contribution is -2.13. The fourth-order valence-corrected chi connectivity index (χ4v) is 2.10. The Kier molecular flexibility index (Phi) is 5.62. The Morgan fingerprint density at radius 1 is 1.56 bits per heavy atom. The number of carboxylic acids is 1. The van der Waals surface area contributed by atoms with Crippen LogP contribution >= 0.6 is 11.3 Å². The van der Waals surface area contributed by atoms with Gasteiger partial charge in [-0.1, -0.05) is 0 Å². The molecule has 1 heterocycles. The summed E-state index contributed by atoms with van der Waals surface area (Å²) in [5, 5.41) is 13.7. The minimum absolute atomic E-state index is 0.370. The van der Waals surface area contributed by atoms with Gasteiger partial charge in [0.05, 0.1) is 5.56 Å². The van der Waals surface area contributed by atoms with Gasteiger partial charge in [-0.3, -0.25) is 0 Å². The lowest BCUT2D eigenvalue weighted by molar-refractivity contribution is 0.0697. The lowest BCUT2D eigenvalue weighted by atomic mass is 10.2. The van der Waals surface area contributed by atoms with E-state index in [1.165, 1.54) is 11.3 Å². The van der Waals surface area contributed by atoms with Gasteiger partial charge in [0, 0.05) is 23.2 Å². The average Bonchev–Trinajstić information content (AvgIpc) is 2.72. The third kappa shape index (κ3) is 4.47. The first kappa shape index (κ1) is 12.8. The fourth-order valence-electron chi connectivity index (χ4n) is 1.27. The molecule has 0 amide bonds. The molecule has 1 aromatic heterocycles. The number of rotatable bonds is 7. The highest BCUT2D eigenvalue weighted by Crippen LogP contribution is 2.14. The summed E-state index contributed by atoms with van der Waals surface area (Å²) in [6.07, 6.45) is 8.06. The predicted octanol–water partition coefficient (Wildman–Crippen LogP) is 2.34. The zero-order valence-electron chi connectivity index (χ0n) is 9.03. The molecule has 0 spiro atoms. The quantitative estimate of drug-likeness (QED) is 0.565. The van der Waals surface area contributed by atoms with Crippen molar-refractivity contribution in [3.63, 3.8) is 0 Å². The van der Waals surface area contributed by atoms with Crippen LogP contribution in [-0.4, -0.2) is 17.6 Å². The molecule has 0 saturated heterocycles. The van der Waals surface area contributed by atoms with Crippen molar-refractivity contribution in [2.24, 2.45) is 0 Å². The normalized spacial score (nSPS) is 9.94. The first-order valence-electron chi connectivity index (χ1n) is 5.19. The molecule has 0 fully saturated rings. The second-order valence-electron chi connectivity index (χ2n) is 3.44. The molecule has 0 saturated carbocycles. The van der Waals surface area contributed by atoms with Gasteiger partial charge in [0.15, 0.2) is 0 Å². The SMILES string of the molecule is C#CCCCCNCc1cc(C(=O)O)cs1. The number of unbranched alkanes of at least 4 members (excludes halogenated alkanes) is 2. The summed E-state index contributed by atoms with van der Waals surface area (Å²) in [6.45, 7) is 1.65. The molecule has 0 aliphatic heterocycles. The van der Waals surface area contributed by atoms with Gasteiger partial charge in [-0.05, 0) is 25.5 Å². The van der Waals surface area contributed by atoms with E-state index in [1.54, 1.807) is 11.4 Å².